The van der Waals surface area contributed by atoms with Gasteiger partial charge in [0.15, 0.2) is 5.75 Å². The van der Waals surface area contributed by atoms with Crippen molar-refractivity contribution in [2.75, 3.05) is 16.7 Å². The number of para-hydroxylation sites is 1. The third-order valence-corrected chi connectivity index (χ3v) is 7.01. The summed E-state index contributed by atoms with van der Waals surface area (Å²) in [5.74, 6) is 0.217. The van der Waals surface area contributed by atoms with Gasteiger partial charge in [0.2, 0.25) is 0 Å². The number of aryl methyl sites for hydroxylation is 2. The van der Waals surface area contributed by atoms with Crippen molar-refractivity contribution in [3.05, 3.63) is 76.3 Å². The molecule has 1 aliphatic heterocycles. The van der Waals surface area contributed by atoms with E-state index in [1.165, 1.54) is 29.6 Å². The molecule has 6 nitrogen and oxygen atoms in total. The summed E-state index contributed by atoms with van der Waals surface area (Å²) in [6.07, 6.45) is 0. The van der Waals surface area contributed by atoms with Crippen LogP contribution in [-0.4, -0.2) is 21.4 Å². The highest BCUT2D eigenvalue weighted by Crippen LogP contribution is 2.38. The second kappa shape index (κ2) is 7.34. The van der Waals surface area contributed by atoms with Crippen LogP contribution in [0, 0.1) is 13.8 Å². The van der Waals surface area contributed by atoms with Crippen molar-refractivity contribution in [2.24, 2.45) is 0 Å². The maximum absolute atomic E-state index is 13.3. The van der Waals surface area contributed by atoms with Crippen molar-refractivity contribution in [1.29, 1.82) is 0 Å². The van der Waals surface area contributed by atoms with Crippen LogP contribution in [0.3, 0.4) is 0 Å². The Hall–Kier alpha value is -3.03. The van der Waals surface area contributed by atoms with Gasteiger partial charge in [0, 0.05) is 12.1 Å². The first-order valence-corrected chi connectivity index (χ1v) is 11.0. The van der Waals surface area contributed by atoms with Gasteiger partial charge in [-0.15, -0.1) is 0 Å². The fourth-order valence-electron chi connectivity index (χ4n) is 3.51. The molecule has 0 saturated carbocycles. The lowest BCUT2D eigenvalue weighted by Crippen LogP contribution is -2.28. The largest absolute Gasteiger partial charge is 0.454 e. The topological polar surface area (TPSA) is 75.7 Å². The van der Waals surface area contributed by atoms with Gasteiger partial charge in [0.25, 0.3) is 15.9 Å². The molecule has 1 heterocycles. The number of halogens is 1. The lowest BCUT2D eigenvalue weighted by atomic mass is 10.1. The summed E-state index contributed by atoms with van der Waals surface area (Å²) in [4.78, 5) is 12.8. The van der Waals surface area contributed by atoms with Crippen LogP contribution in [0.15, 0.2) is 59.5 Å². The van der Waals surface area contributed by atoms with E-state index < -0.39 is 15.9 Å². The highest BCUT2D eigenvalue weighted by atomic mass is 35.5. The minimum absolute atomic E-state index is 0.00542. The zero-order valence-electron chi connectivity index (χ0n) is 16.6. The average molecular weight is 443 g/mol. The summed E-state index contributed by atoms with van der Waals surface area (Å²) in [5, 5.41) is 3.17. The number of sulfonamides is 1. The molecule has 8 heteroatoms. The summed E-state index contributed by atoms with van der Waals surface area (Å²) in [6.45, 7) is 3.71. The number of benzene rings is 3. The highest BCUT2D eigenvalue weighted by molar-refractivity contribution is 7.92. The number of nitrogens with zero attached hydrogens (tertiary/aromatic N) is 1. The number of nitrogens with one attached hydrogen (secondary N) is 1. The third-order valence-electron chi connectivity index (χ3n) is 5.02. The first-order chi connectivity index (χ1) is 14.2. The van der Waals surface area contributed by atoms with Crippen LogP contribution in [0.4, 0.5) is 11.4 Å². The fraction of sp³-hybridized carbons (Fsp3) is 0.136. The SMILES string of the molecule is Cc1cccc(C)c1N(C)S(=O)(=O)c1ccc2c(c1)C(=O)Nc1cc(Cl)ccc1O2. The Balaban J connectivity index is 1.77. The monoisotopic (exact) mass is 442 g/mol. The molecule has 0 bridgehead atoms. The molecule has 1 aliphatic rings. The van der Waals surface area contributed by atoms with E-state index in [0.29, 0.717) is 22.1 Å². The number of anilines is 2. The van der Waals surface area contributed by atoms with E-state index in [2.05, 4.69) is 5.32 Å². The van der Waals surface area contributed by atoms with Gasteiger partial charge in [-0.1, -0.05) is 29.8 Å². The number of rotatable bonds is 3. The van der Waals surface area contributed by atoms with E-state index in [-0.39, 0.29) is 16.2 Å². The zero-order chi connectivity index (χ0) is 21.6. The predicted octanol–water partition coefficient (Wildman–Crippen LogP) is 5.14. The molecule has 1 amide bonds. The van der Waals surface area contributed by atoms with Crippen molar-refractivity contribution in [3.63, 3.8) is 0 Å². The van der Waals surface area contributed by atoms with Crippen LogP contribution in [0.25, 0.3) is 0 Å². The Labute approximate surface area is 180 Å². The molecule has 0 saturated heterocycles. The van der Waals surface area contributed by atoms with Crippen LogP contribution in [0.1, 0.15) is 21.5 Å². The minimum atomic E-state index is -3.90. The molecule has 4 rings (SSSR count). The van der Waals surface area contributed by atoms with Crippen molar-refractivity contribution in [1.82, 2.24) is 0 Å². The molecule has 0 aliphatic carbocycles. The highest BCUT2D eigenvalue weighted by Gasteiger charge is 2.28. The summed E-state index contributed by atoms with van der Waals surface area (Å²) in [5.41, 5.74) is 2.82. The number of hydrogen-bond acceptors (Lipinski definition) is 4. The Kier molecular flexibility index (Phi) is 4.95. The summed E-state index contributed by atoms with van der Waals surface area (Å²) < 4.78 is 33.7. The van der Waals surface area contributed by atoms with Crippen LogP contribution < -0.4 is 14.4 Å². The maximum atomic E-state index is 13.3. The normalized spacial score (nSPS) is 12.9. The fourth-order valence-corrected chi connectivity index (χ4v) is 5.04. The minimum Gasteiger partial charge on any atom is -0.454 e. The number of fused-ring (bicyclic) bond motifs is 2. The molecule has 1 N–H and O–H groups in total. The van der Waals surface area contributed by atoms with E-state index in [4.69, 9.17) is 16.3 Å². The molecule has 0 fully saturated rings. The van der Waals surface area contributed by atoms with Gasteiger partial charge in [-0.05, 0) is 61.4 Å². The van der Waals surface area contributed by atoms with Gasteiger partial charge in [0.05, 0.1) is 21.8 Å². The predicted molar refractivity (Wildman–Crippen MR) is 117 cm³/mol. The zero-order valence-corrected chi connectivity index (χ0v) is 18.1. The van der Waals surface area contributed by atoms with Gasteiger partial charge in [-0.2, -0.15) is 0 Å². The van der Waals surface area contributed by atoms with Gasteiger partial charge in [0.1, 0.15) is 5.75 Å². The summed E-state index contributed by atoms with van der Waals surface area (Å²) in [7, 11) is -2.40. The maximum Gasteiger partial charge on any atom is 0.264 e. The van der Waals surface area contributed by atoms with Crippen molar-refractivity contribution < 1.29 is 17.9 Å². The van der Waals surface area contributed by atoms with Crippen LogP contribution in [0.5, 0.6) is 11.5 Å². The molecule has 0 radical (unpaired) electrons. The van der Waals surface area contributed by atoms with Crippen molar-refractivity contribution in [2.45, 2.75) is 18.7 Å². The number of carbonyl (C=O) groups excluding carboxylic acids is 1. The summed E-state index contributed by atoms with van der Waals surface area (Å²) >= 11 is 6.00. The molecule has 154 valence electrons. The average Bonchev–Trinajstić information content (AvgIpc) is 2.82. The van der Waals surface area contributed by atoms with E-state index in [9.17, 15) is 13.2 Å². The molecule has 0 unspecified atom stereocenters. The molecule has 0 spiro atoms. The molecule has 0 aromatic heterocycles. The molecular weight excluding hydrogens is 424 g/mol. The number of carbonyl (C=O) groups is 1. The molecule has 30 heavy (non-hydrogen) atoms. The van der Waals surface area contributed by atoms with Gasteiger partial charge < -0.3 is 10.1 Å². The van der Waals surface area contributed by atoms with Crippen LogP contribution >= 0.6 is 11.6 Å². The standard InChI is InChI=1S/C22H19ClN2O4S/c1-13-5-4-6-14(2)21(13)25(3)30(27,28)16-8-10-19-17(12-16)22(26)24-18-11-15(23)7-9-20(18)29-19/h4-12H,1-3H3,(H,24,26). The number of hydrogen-bond donors (Lipinski definition) is 1. The Morgan fingerprint density at radius 1 is 0.967 bits per heavy atom. The lowest BCUT2D eigenvalue weighted by Gasteiger charge is -2.23. The molecule has 3 aromatic rings. The van der Waals surface area contributed by atoms with E-state index in [1.807, 2.05) is 32.0 Å². The molecule has 0 atom stereocenters. The molecular formula is C22H19ClN2O4S. The third kappa shape index (κ3) is 3.40. The van der Waals surface area contributed by atoms with E-state index in [0.717, 1.165) is 11.1 Å². The quantitative estimate of drug-likeness (QED) is 0.609. The number of ether oxygens (including phenoxy) is 1. The van der Waals surface area contributed by atoms with Gasteiger partial charge in [-0.25, -0.2) is 8.42 Å². The van der Waals surface area contributed by atoms with Gasteiger partial charge >= 0.3 is 0 Å². The second-order valence-corrected chi connectivity index (χ2v) is 9.47. The first kappa shape index (κ1) is 20.3. The molecule has 3 aromatic carbocycles. The van der Waals surface area contributed by atoms with Gasteiger partial charge in [-0.3, -0.25) is 9.10 Å². The van der Waals surface area contributed by atoms with E-state index >= 15 is 0 Å². The smallest absolute Gasteiger partial charge is 0.264 e. The van der Waals surface area contributed by atoms with Crippen LogP contribution in [-0.2, 0) is 10.0 Å². The van der Waals surface area contributed by atoms with Crippen molar-refractivity contribution >= 4 is 38.9 Å². The number of amides is 1. The Bertz CT molecular complexity index is 1270. The van der Waals surface area contributed by atoms with Crippen LogP contribution in [0.2, 0.25) is 5.02 Å². The Morgan fingerprint density at radius 3 is 2.33 bits per heavy atom. The summed E-state index contributed by atoms with van der Waals surface area (Å²) in [6, 6.07) is 14.7. The second-order valence-electron chi connectivity index (χ2n) is 7.07. The first-order valence-electron chi connectivity index (χ1n) is 9.16. The van der Waals surface area contributed by atoms with E-state index in [1.54, 1.807) is 18.2 Å². The Morgan fingerprint density at radius 2 is 1.63 bits per heavy atom. The van der Waals surface area contributed by atoms with Crippen molar-refractivity contribution in [3.8, 4) is 11.5 Å². The lowest BCUT2D eigenvalue weighted by molar-refractivity contribution is 0.102.